The first-order valence-corrected chi connectivity index (χ1v) is 10.6. The van der Waals surface area contributed by atoms with Crippen molar-refractivity contribution in [3.8, 4) is 5.75 Å². The second-order valence-electron chi connectivity index (χ2n) is 6.39. The van der Waals surface area contributed by atoms with Crippen LogP contribution in [-0.2, 0) is 21.4 Å². The van der Waals surface area contributed by atoms with Gasteiger partial charge in [-0.15, -0.1) is 0 Å². The van der Waals surface area contributed by atoms with Gasteiger partial charge < -0.3 is 15.0 Å². The zero-order chi connectivity index (χ0) is 21.0. The Bertz CT molecular complexity index is 1020. The molecule has 1 saturated heterocycles. The van der Waals surface area contributed by atoms with Crippen LogP contribution in [0.4, 0.5) is 0 Å². The van der Waals surface area contributed by atoms with E-state index in [0.717, 1.165) is 5.56 Å². The molecule has 2 N–H and O–H groups in total. The average molecular weight is 438 g/mol. The molecule has 0 aliphatic carbocycles. The van der Waals surface area contributed by atoms with Crippen molar-refractivity contribution in [2.45, 2.75) is 11.4 Å². The number of ether oxygens (including phenoxy) is 1. The molecule has 0 aromatic heterocycles. The zero-order valence-electron chi connectivity index (χ0n) is 15.6. The molecule has 2 aromatic rings. The molecular weight excluding hydrogens is 418 g/mol. The maximum Gasteiger partial charge on any atom is 0.254 e. The molecule has 2 aromatic carbocycles. The molecule has 0 atom stereocenters. The van der Waals surface area contributed by atoms with Gasteiger partial charge in [0.1, 0.15) is 10.6 Å². The van der Waals surface area contributed by atoms with Gasteiger partial charge in [0, 0.05) is 30.2 Å². The summed E-state index contributed by atoms with van der Waals surface area (Å²) in [6.07, 6.45) is 0. The number of hydrogen-bond donors (Lipinski definition) is 2. The molecule has 1 fully saturated rings. The summed E-state index contributed by atoms with van der Waals surface area (Å²) in [4.78, 5) is 25.5. The van der Waals surface area contributed by atoms with Crippen molar-refractivity contribution in [2.24, 2.45) is 0 Å². The van der Waals surface area contributed by atoms with Crippen LogP contribution in [0.3, 0.4) is 0 Å². The largest absolute Gasteiger partial charge is 0.495 e. The van der Waals surface area contributed by atoms with Crippen molar-refractivity contribution in [2.75, 3.05) is 26.7 Å². The number of nitrogens with one attached hydrogen (secondary N) is 2. The van der Waals surface area contributed by atoms with E-state index >= 15 is 0 Å². The van der Waals surface area contributed by atoms with Crippen molar-refractivity contribution in [3.63, 3.8) is 0 Å². The highest BCUT2D eigenvalue weighted by atomic mass is 35.5. The molecule has 0 bridgehead atoms. The minimum atomic E-state index is -3.97. The molecule has 3 rings (SSSR count). The summed E-state index contributed by atoms with van der Waals surface area (Å²) in [6.45, 7) is 0.691. The molecule has 0 spiro atoms. The summed E-state index contributed by atoms with van der Waals surface area (Å²) in [5.74, 6) is -0.561. The lowest BCUT2D eigenvalue weighted by Gasteiger charge is -2.27. The Balaban J connectivity index is 1.84. The van der Waals surface area contributed by atoms with Gasteiger partial charge in [0.15, 0.2) is 0 Å². The molecule has 1 aliphatic rings. The molecule has 8 nitrogen and oxygen atoms in total. The molecule has 0 unspecified atom stereocenters. The quantitative estimate of drug-likeness (QED) is 0.710. The monoisotopic (exact) mass is 437 g/mol. The topological polar surface area (TPSA) is 105 Å². The van der Waals surface area contributed by atoms with Crippen LogP contribution in [-0.4, -0.2) is 51.9 Å². The minimum Gasteiger partial charge on any atom is -0.495 e. The fourth-order valence-corrected chi connectivity index (χ4v) is 4.21. The number of halogens is 1. The SMILES string of the molecule is COc1ccc(C(=O)N2CCNC(=O)C2)cc1S(=O)(=O)NCc1ccc(Cl)cc1. The van der Waals surface area contributed by atoms with Crippen LogP contribution >= 0.6 is 11.6 Å². The number of benzene rings is 2. The van der Waals surface area contributed by atoms with E-state index < -0.39 is 15.9 Å². The molecule has 154 valence electrons. The summed E-state index contributed by atoms with van der Waals surface area (Å²) < 4.78 is 33.4. The maximum absolute atomic E-state index is 12.8. The number of piperazine rings is 1. The molecule has 0 radical (unpaired) electrons. The van der Waals surface area contributed by atoms with Crippen molar-refractivity contribution in [1.29, 1.82) is 0 Å². The Morgan fingerprint density at radius 2 is 1.97 bits per heavy atom. The second kappa shape index (κ2) is 8.81. The molecular formula is C19H20ClN3O5S. The Morgan fingerprint density at radius 3 is 2.62 bits per heavy atom. The van der Waals surface area contributed by atoms with Gasteiger partial charge in [-0.2, -0.15) is 0 Å². The summed E-state index contributed by atoms with van der Waals surface area (Å²) in [7, 11) is -2.62. The van der Waals surface area contributed by atoms with Gasteiger partial charge in [-0.05, 0) is 35.9 Å². The van der Waals surface area contributed by atoms with Crippen molar-refractivity contribution >= 4 is 33.4 Å². The number of sulfonamides is 1. The van der Waals surface area contributed by atoms with Crippen molar-refractivity contribution in [3.05, 3.63) is 58.6 Å². The zero-order valence-corrected chi connectivity index (χ0v) is 17.2. The first-order chi connectivity index (χ1) is 13.8. The van der Waals surface area contributed by atoms with E-state index in [9.17, 15) is 18.0 Å². The molecule has 10 heteroatoms. The Morgan fingerprint density at radius 1 is 1.24 bits per heavy atom. The lowest BCUT2D eigenvalue weighted by Crippen LogP contribution is -2.50. The summed E-state index contributed by atoms with van der Waals surface area (Å²) in [5, 5.41) is 3.19. The van der Waals surface area contributed by atoms with Crippen molar-refractivity contribution < 1.29 is 22.7 Å². The van der Waals surface area contributed by atoms with E-state index in [2.05, 4.69) is 10.0 Å². The average Bonchev–Trinajstić information content (AvgIpc) is 2.72. The minimum absolute atomic E-state index is 0.0487. The lowest BCUT2D eigenvalue weighted by atomic mass is 10.1. The fraction of sp³-hybridized carbons (Fsp3) is 0.263. The number of nitrogens with zero attached hydrogens (tertiary/aromatic N) is 1. The van der Waals surface area contributed by atoms with Gasteiger partial charge in [0.2, 0.25) is 15.9 Å². The van der Waals surface area contributed by atoms with Crippen LogP contribution in [0.5, 0.6) is 5.75 Å². The molecule has 2 amide bonds. The third-order valence-electron chi connectivity index (χ3n) is 4.41. The van der Waals surface area contributed by atoms with E-state index in [1.165, 1.54) is 30.2 Å². The van der Waals surface area contributed by atoms with Gasteiger partial charge in [0.25, 0.3) is 5.91 Å². The van der Waals surface area contributed by atoms with Crippen molar-refractivity contribution in [1.82, 2.24) is 14.9 Å². The highest BCUT2D eigenvalue weighted by molar-refractivity contribution is 7.89. The highest BCUT2D eigenvalue weighted by Gasteiger charge is 2.26. The predicted octanol–water partition coefficient (Wildman–Crippen LogP) is 1.40. The fourth-order valence-electron chi connectivity index (χ4n) is 2.87. The number of carbonyl (C=O) groups is 2. The van der Waals surface area contributed by atoms with E-state index in [1.807, 2.05) is 0 Å². The van der Waals surface area contributed by atoms with E-state index in [1.54, 1.807) is 24.3 Å². The van der Waals surface area contributed by atoms with Crippen LogP contribution < -0.4 is 14.8 Å². The number of hydrogen-bond acceptors (Lipinski definition) is 5. The number of methoxy groups -OCH3 is 1. The summed E-state index contributed by atoms with van der Waals surface area (Å²) in [6, 6.07) is 10.9. The second-order valence-corrected chi connectivity index (χ2v) is 8.57. The Labute approximate surface area is 173 Å². The molecule has 29 heavy (non-hydrogen) atoms. The van der Waals surface area contributed by atoms with Gasteiger partial charge in [-0.3, -0.25) is 9.59 Å². The standard InChI is InChI=1S/C19H20ClN3O5S/c1-28-16-7-4-14(19(25)23-9-8-21-18(24)12-23)10-17(16)29(26,27)22-11-13-2-5-15(20)6-3-13/h2-7,10,22H,8-9,11-12H2,1H3,(H,21,24). The first-order valence-electron chi connectivity index (χ1n) is 8.78. The van der Waals surface area contributed by atoms with Crippen LogP contribution in [0.1, 0.15) is 15.9 Å². The van der Waals surface area contributed by atoms with Gasteiger partial charge in [0.05, 0.1) is 13.7 Å². The number of carbonyl (C=O) groups excluding carboxylic acids is 2. The van der Waals surface area contributed by atoms with Crippen LogP contribution in [0, 0.1) is 0 Å². The van der Waals surface area contributed by atoms with Gasteiger partial charge in [-0.1, -0.05) is 23.7 Å². The van der Waals surface area contributed by atoms with Gasteiger partial charge >= 0.3 is 0 Å². The normalized spacial score (nSPS) is 14.4. The highest BCUT2D eigenvalue weighted by Crippen LogP contribution is 2.26. The summed E-state index contributed by atoms with van der Waals surface area (Å²) >= 11 is 5.84. The lowest BCUT2D eigenvalue weighted by molar-refractivity contribution is -0.123. The number of rotatable bonds is 6. The van der Waals surface area contributed by atoms with E-state index in [-0.39, 0.29) is 35.2 Å². The smallest absolute Gasteiger partial charge is 0.254 e. The van der Waals surface area contributed by atoms with Gasteiger partial charge in [-0.25, -0.2) is 13.1 Å². The third kappa shape index (κ3) is 5.06. The van der Waals surface area contributed by atoms with Crippen LogP contribution in [0.15, 0.2) is 47.4 Å². The van der Waals surface area contributed by atoms with Crippen LogP contribution in [0.2, 0.25) is 5.02 Å². The molecule has 1 aliphatic heterocycles. The number of amides is 2. The Hall–Kier alpha value is -2.62. The molecule has 1 heterocycles. The summed E-state index contributed by atoms with van der Waals surface area (Å²) in [5.41, 5.74) is 0.885. The third-order valence-corrected chi connectivity index (χ3v) is 6.08. The molecule has 0 saturated carbocycles. The first kappa shape index (κ1) is 21.1. The maximum atomic E-state index is 12.8. The predicted molar refractivity (Wildman–Crippen MR) is 107 cm³/mol. The Kier molecular flexibility index (Phi) is 6.41. The van der Waals surface area contributed by atoms with Crippen LogP contribution in [0.25, 0.3) is 0 Å². The van der Waals surface area contributed by atoms with E-state index in [4.69, 9.17) is 16.3 Å². The van der Waals surface area contributed by atoms with E-state index in [0.29, 0.717) is 18.1 Å².